The van der Waals surface area contributed by atoms with Gasteiger partial charge >= 0.3 is 5.97 Å². The summed E-state index contributed by atoms with van der Waals surface area (Å²) in [5, 5.41) is 20.0. The van der Waals surface area contributed by atoms with Crippen LogP contribution in [0.25, 0.3) is 11.4 Å². The maximum atomic E-state index is 10.7. The molecule has 0 bridgehead atoms. The molecule has 0 saturated heterocycles. The number of aromatic nitrogens is 4. The van der Waals surface area contributed by atoms with E-state index in [0.29, 0.717) is 5.82 Å². The third-order valence-corrected chi connectivity index (χ3v) is 2.42. The van der Waals surface area contributed by atoms with E-state index in [9.17, 15) is 4.79 Å². The van der Waals surface area contributed by atoms with Gasteiger partial charge in [0.05, 0.1) is 30.9 Å². The first kappa shape index (κ1) is 12.2. The van der Waals surface area contributed by atoms with E-state index in [2.05, 4.69) is 15.5 Å². The Bertz CT molecular complexity index is 508. The van der Waals surface area contributed by atoms with Crippen LogP contribution in [0.4, 0.5) is 0 Å². The predicted octanol–water partition coefficient (Wildman–Crippen LogP) is 0.423. The van der Waals surface area contributed by atoms with Crippen LogP contribution in [0.5, 0.6) is 0 Å². The van der Waals surface area contributed by atoms with E-state index in [1.165, 1.54) is 24.3 Å². The third kappa shape index (κ3) is 2.72. The number of tetrazole rings is 1. The second-order valence-electron chi connectivity index (χ2n) is 3.65. The molecule has 2 rings (SSSR count). The van der Waals surface area contributed by atoms with Gasteiger partial charge in [-0.25, -0.2) is 4.68 Å². The Hall–Kier alpha value is -2.22. The van der Waals surface area contributed by atoms with E-state index in [1.807, 2.05) is 0 Å². The van der Waals surface area contributed by atoms with Crippen molar-refractivity contribution in [3.8, 4) is 11.4 Å². The molecule has 0 spiro atoms. The number of carboxylic acid groups (broad SMARTS) is 1. The zero-order valence-electron chi connectivity index (χ0n) is 9.68. The minimum atomic E-state index is -0.931. The van der Waals surface area contributed by atoms with Crippen molar-refractivity contribution in [2.45, 2.75) is 19.1 Å². The number of hydrogen-bond acceptors (Lipinski definition) is 6. The van der Waals surface area contributed by atoms with Gasteiger partial charge in [0, 0.05) is 7.11 Å². The van der Waals surface area contributed by atoms with Gasteiger partial charge in [0.2, 0.25) is 0 Å². The molecule has 1 atom stereocenters. The topological polar surface area (TPSA) is 103 Å². The number of furan rings is 1. The van der Waals surface area contributed by atoms with Crippen LogP contribution >= 0.6 is 0 Å². The van der Waals surface area contributed by atoms with Crippen molar-refractivity contribution in [1.82, 2.24) is 20.2 Å². The lowest BCUT2D eigenvalue weighted by Gasteiger charge is -2.13. The first-order valence-electron chi connectivity index (χ1n) is 5.24. The first-order chi connectivity index (χ1) is 8.70. The third-order valence-electron chi connectivity index (χ3n) is 2.42. The van der Waals surface area contributed by atoms with E-state index in [0.717, 1.165) is 5.56 Å². The number of nitrogens with zero attached hydrogens (tertiary/aromatic N) is 4. The van der Waals surface area contributed by atoms with Crippen molar-refractivity contribution in [3.63, 3.8) is 0 Å². The Labute approximate surface area is 102 Å². The maximum Gasteiger partial charge on any atom is 0.306 e. The highest BCUT2D eigenvalue weighted by molar-refractivity contribution is 5.67. The van der Waals surface area contributed by atoms with Crippen molar-refractivity contribution < 1.29 is 19.1 Å². The Morgan fingerprint density at radius 3 is 3.11 bits per heavy atom. The van der Waals surface area contributed by atoms with Crippen LogP contribution in [-0.4, -0.2) is 44.5 Å². The summed E-state index contributed by atoms with van der Waals surface area (Å²) >= 11 is 0. The second-order valence-corrected chi connectivity index (χ2v) is 3.65. The molecular formula is C10H12N4O4. The molecule has 2 heterocycles. The van der Waals surface area contributed by atoms with Gasteiger partial charge in [-0.3, -0.25) is 4.79 Å². The number of ether oxygens (including phenoxy) is 1. The monoisotopic (exact) mass is 252 g/mol. The van der Waals surface area contributed by atoms with Crippen LogP contribution in [-0.2, 0) is 16.1 Å². The van der Waals surface area contributed by atoms with E-state index in [1.54, 1.807) is 6.07 Å². The minimum Gasteiger partial charge on any atom is -0.481 e. The Kier molecular flexibility index (Phi) is 3.68. The van der Waals surface area contributed by atoms with E-state index >= 15 is 0 Å². The standard InChI is InChI=1S/C10H12N4O4/c1-17-8(4-9(15)16)5-14-10(11-12-13-14)7-2-3-18-6-7/h2-3,6,8H,4-5H2,1H3,(H,15,16). The molecule has 0 amide bonds. The summed E-state index contributed by atoms with van der Waals surface area (Å²) in [6, 6.07) is 1.72. The molecule has 0 fully saturated rings. The molecule has 18 heavy (non-hydrogen) atoms. The fraction of sp³-hybridized carbons (Fsp3) is 0.400. The smallest absolute Gasteiger partial charge is 0.306 e. The number of hydrogen-bond donors (Lipinski definition) is 1. The molecule has 0 saturated carbocycles. The predicted molar refractivity (Wildman–Crippen MR) is 58.6 cm³/mol. The molecule has 8 heteroatoms. The van der Waals surface area contributed by atoms with Gasteiger partial charge in [-0.15, -0.1) is 5.10 Å². The first-order valence-corrected chi connectivity index (χ1v) is 5.24. The average molecular weight is 252 g/mol. The highest BCUT2D eigenvalue weighted by Gasteiger charge is 2.17. The Balaban J connectivity index is 2.14. The summed E-state index contributed by atoms with van der Waals surface area (Å²) < 4.78 is 11.5. The molecule has 0 aromatic carbocycles. The van der Waals surface area contributed by atoms with Gasteiger partial charge in [-0.2, -0.15) is 0 Å². The summed E-state index contributed by atoms with van der Waals surface area (Å²) in [6.07, 6.45) is 2.43. The highest BCUT2D eigenvalue weighted by atomic mass is 16.5. The number of methoxy groups -OCH3 is 1. The summed E-state index contributed by atoms with van der Waals surface area (Å²) in [7, 11) is 1.45. The van der Waals surface area contributed by atoms with Crippen LogP contribution in [0.1, 0.15) is 6.42 Å². The fourth-order valence-electron chi connectivity index (χ4n) is 1.54. The van der Waals surface area contributed by atoms with Crippen LogP contribution in [0.2, 0.25) is 0 Å². The lowest BCUT2D eigenvalue weighted by molar-refractivity contribution is -0.139. The normalized spacial score (nSPS) is 12.5. The van der Waals surface area contributed by atoms with Gasteiger partial charge in [0.25, 0.3) is 0 Å². The Morgan fingerprint density at radius 1 is 1.67 bits per heavy atom. The SMILES string of the molecule is COC(CC(=O)O)Cn1nnnc1-c1ccoc1. The fourth-order valence-corrected chi connectivity index (χ4v) is 1.54. The van der Waals surface area contributed by atoms with E-state index in [-0.39, 0.29) is 13.0 Å². The molecule has 8 nitrogen and oxygen atoms in total. The largest absolute Gasteiger partial charge is 0.481 e. The lowest BCUT2D eigenvalue weighted by atomic mass is 10.2. The summed E-state index contributed by atoms with van der Waals surface area (Å²) in [5.41, 5.74) is 0.727. The van der Waals surface area contributed by atoms with Gasteiger partial charge in [0.1, 0.15) is 6.26 Å². The summed E-state index contributed by atoms with van der Waals surface area (Å²) in [5.74, 6) is -0.420. The number of aliphatic carboxylic acids is 1. The molecule has 2 aromatic rings. The number of carbonyl (C=O) groups is 1. The van der Waals surface area contributed by atoms with Gasteiger partial charge in [-0.1, -0.05) is 0 Å². The highest BCUT2D eigenvalue weighted by Crippen LogP contribution is 2.16. The van der Waals surface area contributed by atoms with Crippen molar-refractivity contribution in [3.05, 3.63) is 18.6 Å². The molecule has 2 aromatic heterocycles. The van der Waals surface area contributed by atoms with E-state index < -0.39 is 12.1 Å². The molecule has 0 aliphatic rings. The number of carboxylic acids is 1. The van der Waals surface area contributed by atoms with Crippen LogP contribution in [0.15, 0.2) is 23.0 Å². The van der Waals surface area contributed by atoms with Crippen molar-refractivity contribution in [1.29, 1.82) is 0 Å². The molecule has 0 aliphatic heterocycles. The number of rotatable bonds is 6. The minimum absolute atomic E-state index is 0.110. The Morgan fingerprint density at radius 2 is 2.50 bits per heavy atom. The quantitative estimate of drug-likeness (QED) is 0.794. The molecule has 1 unspecified atom stereocenters. The second kappa shape index (κ2) is 5.41. The summed E-state index contributed by atoms with van der Waals surface area (Å²) in [4.78, 5) is 10.7. The molecule has 0 aliphatic carbocycles. The van der Waals surface area contributed by atoms with Gasteiger partial charge in [0.15, 0.2) is 5.82 Å². The van der Waals surface area contributed by atoms with Crippen LogP contribution < -0.4 is 0 Å². The van der Waals surface area contributed by atoms with E-state index in [4.69, 9.17) is 14.3 Å². The molecule has 0 radical (unpaired) electrons. The molecular weight excluding hydrogens is 240 g/mol. The van der Waals surface area contributed by atoms with Crippen LogP contribution in [0, 0.1) is 0 Å². The lowest BCUT2D eigenvalue weighted by Crippen LogP contribution is -2.23. The zero-order chi connectivity index (χ0) is 13.0. The van der Waals surface area contributed by atoms with Gasteiger partial charge < -0.3 is 14.3 Å². The van der Waals surface area contributed by atoms with Crippen molar-refractivity contribution in [2.24, 2.45) is 0 Å². The maximum absolute atomic E-state index is 10.7. The van der Waals surface area contributed by atoms with Gasteiger partial charge in [-0.05, 0) is 16.5 Å². The molecule has 96 valence electrons. The zero-order valence-corrected chi connectivity index (χ0v) is 9.68. The molecule has 1 N–H and O–H groups in total. The average Bonchev–Trinajstić information content (AvgIpc) is 2.96. The van der Waals surface area contributed by atoms with Crippen molar-refractivity contribution in [2.75, 3.05) is 7.11 Å². The van der Waals surface area contributed by atoms with Crippen molar-refractivity contribution >= 4 is 5.97 Å². The van der Waals surface area contributed by atoms with Crippen LogP contribution in [0.3, 0.4) is 0 Å². The summed E-state index contributed by atoms with van der Waals surface area (Å²) in [6.45, 7) is 0.260.